The van der Waals surface area contributed by atoms with Crippen LogP contribution in [0.4, 0.5) is 27.6 Å². The number of benzene rings is 3. The third-order valence-corrected chi connectivity index (χ3v) is 5.96. The molecule has 0 aliphatic carbocycles. The summed E-state index contributed by atoms with van der Waals surface area (Å²) in [6.07, 6.45) is -5.08. The molecule has 8 nitrogen and oxygen atoms in total. The maximum atomic E-state index is 14.0. The first kappa shape index (κ1) is 31.0. The van der Waals surface area contributed by atoms with Gasteiger partial charge in [0.2, 0.25) is 0 Å². The number of anilines is 1. The maximum Gasteiger partial charge on any atom is 0.490 e. The van der Waals surface area contributed by atoms with Crippen LogP contribution >= 0.6 is 0 Å². The number of hydrogen-bond donors (Lipinski definition) is 3. The van der Waals surface area contributed by atoms with E-state index in [1.165, 1.54) is 24.3 Å². The third-order valence-electron chi connectivity index (χ3n) is 5.96. The second-order valence-corrected chi connectivity index (χ2v) is 8.93. The lowest BCUT2D eigenvalue weighted by Crippen LogP contribution is -2.50. The molecule has 41 heavy (non-hydrogen) atoms. The smallest absolute Gasteiger partial charge is 0.478 e. The van der Waals surface area contributed by atoms with Gasteiger partial charge in [0.1, 0.15) is 11.6 Å². The standard InChI is InChI=1S/C26H26F2N4O2.C2HF3O2/c27-22-10-8-19(9-11-22)17-29-26(30-23-6-3-5-20(16-23)25(33)34)32-14-12-31(13-15-32)18-21-4-1-2-7-24(21)28;3-2(4,5)1(6)7/h1-11,16H,12-15,17-18H2,(H,29,30)(H,33,34);(H,6,7). The van der Waals surface area contributed by atoms with Crippen molar-refractivity contribution >= 4 is 23.6 Å². The Morgan fingerprint density at radius 1 is 0.878 bits per heavy atom. The summed E-state index contributed by atoms with van der Waals surface area (Å²) in [5.41, 5.74) is 2.33. The molecule has 218 valence electrons. The predicted octanol–water partition coefficient (Wildman–Crippen LogP) is 5.08. The molecule has 1 aliphatic heterocycles. The van der Waals surface area contributed by atoms with Crippen molar-refractivity contribution in [3.05, 3.63) is 101 Å². The fourth-order valence-corrected chi connectivity index (χ4v) is 3.82. The highest BCUT2D eigenvalue weighted by Gasteiger charge is 2.38. The zero-order chi connectivity index (χ0) is 30.0. The Kier molecular flexibility index (Phi) is 10.8. The summed E-state index contributed by atoms with van der Waals surface area (Å²) in [7, 11) is 0. The van der Waals surface area contributed by atoms with Crippen molar-refractivity contribution in [3.8, 4) is 0 Å². The number of alkyl halides is 3. The van der Waals surface area contributed by atoms with E-state index < -0.39 is 18.1 Å². The Morgan fingerprint density at radius 3 is 2.10 bits per heavy atom. The Morgan fingerprint density at radius 2 is 1.51 bits per heavy atom. The largest absolute Gasteiger partial charge is 0.490 e. The first-order chi connectivity index (χ1) is 19.4. The number of nitrogens with zero attached hydrogens (tertiary/aromatic N) is 3. The van der Waals surface area contributed by atoms with Crippen molar-refractivity contribution in [2.24, 2.45) is 4.99 Å². The molecule has 1 saturated heterocycles. The molecule has 0 aromatic heterocycles. The first-order valence-corrected chi connectivity index (χ1v) is 12.3. The highest BCUT2D eigenvalue weighted by atomic mass is 19.4. The van der Waals surface area contributed by atoms with Crippen LogP contribution in [0.3, 0.4) is 0 Å². The zero-order valence-electron chi connectivity index (χ0n) is 21.6. The number of nitrogens with one attached hydrogen (secondary N) is 1. The molecule has 0 amide bonds. The molecule has 13 heteroatoms. The normalized spacial score (nSPS) is 14.2. The highest BCUT2D eigenvalue weighted by Crippen LogP contribution is 2.16. The molecule has 3 N–H and O–H groups in total. The monoisotopic (exact) mass is 578 g/mol. The van der Waals surface area contributed by atoms with Crippen molar-refractivity contribution in [1.29, 1.82) is 0 Å². The number of hydrogen-bond acceptors (Lipinski definition) is 4. The number of aliphatic carboxylic acids is 1. The SMILES string of the molecule is O=C(O)C(F)(F)F.O=C(O)c1cccc(NC(=NCc2ccc(F)cc2)N2CCN(Cc3ccccc3F)CC2)c1. The molecule has 1 aliphatic rings. The van der Waals surface area contributed by atoms with Gasteiger partial charge in [-0.1, -0.05) is 36.4 Å². The van der Waals surface area contributed by atoms with Gasteiger partial charge in [-0.05, 0) is 42.0 Å². The van der Waals surface area contributed by atoms with Crippen LogP contribution in [0, 0.1) is 11.6 Å². The number of halogens is 5. The lowest BCUT2D eigenvalue weighted by molar-refractivity contribution is -0.192. The van der Waals surface area contributed by atoms with Crippen LogP contribution in [0.5, 0.6) is 0 Å². The van der Waals surface area contributed by atoms with Crippen molar-refractivity contribution < 1.29 is 41.8 Å². The summed E-state index contributed by atoms with van der Waals surface area (Å²) < 4.78 is 59.0. The summed E-state index contributed by atoms with van der Waals surface area (Å²) in [5.74, 6) is -3.66. The quantitative estimate of drug-likeness (QED) is 0.213. The van der Waals surface area contributed by atoms with Gasteiger partial charge >= 0.3 is 18.1 Å². The molecule has 0 radical (unpaired) electrons. The van der Waals surface area contributed by atoms with Crippen LogP contribution in [0.2, 0.25) is 0 Å². The van der Waals surface area contributed by atoms with Crippen LogP contribution in [0.1, 0.15) is 21.5 Å². The second kappa shape index (κ2) is 14.2. The van der Waals surface area contributed by atoms with E-state index in [1.807, 2.05) is 6.07 Å². The number of carboxylic acids is 2. The lowest BCUT2D eigenvalue weighted by Gasteiger charge is -2.36. The van der Waals surface area contributed by atoms with Gasteiger partial charge in [0.05, 0.1) is 12.1 Å². The van der Waals surface area contributed by atoms with Gasteiger partial charge in [0, 0.05) is 44.0 Å². The minimum Gasteiger partial charge on any atom is -0.478 e. The highest BCUT2D eigenvalue weighted by molar-refractivity contribution is 5.95. The van der Waals surface area contributed by atoms with Crippen molar-refractivity contribution in [3.63, 3.8) is 0 Å². The molecule has 0 saturated carbocycles. The number of carboxylic acid groups (broad SMARTS) is 2. The van der Waals surface area contributed by atoms with Gasteiger partial charge < -0.3 is 20.4 Å². The molecule has 1 fully saturated rings. The molecule has 0 spiro atoms. The number of aromatic carboxylic acids is 1. The summed E-state index contributed by atoms with van der Waals surface area (Å²) in [5, 5.41) is 19.7. The van der Waals surface area contributed by atoms with E-state index >= 15 is 0 Å². The molecular formula is C28H27F5N4O4. The molecule has 0 bridgehead atoms. The van der Waals surface area contributed by atoms with Crippen LogP contribution < -0.4 is 5.32 Å². The van der Waals surface area contributed by atoms with Crippen molar-refractivity contribution in [2.45, 2.75) is 19.3 Å². The van der Waals surface area contributed by atoms with E-state index in [-0.39, 0.29) is 17.2 Å². The minimum absolute atomic E-state index is 0.178. The molecule has 1 heterocycles. The average Bonchev–Trinajstić information content (AvgIpc) is 2.93. The summed E-state index contributed by atoms with van der Waals surface area (Å²) in [6, 6.07) is 19.5. The zero-order valence-corrected chi connectivity index (χ0v) is 21.6. The molecule has 3 aromatic carbocycles. The molecular weight excluding hydrogens is 551 g/mol. The van der Waals surface area contributed by atoms with Crippen LogP contribution in [-0.2, 0) is 17.9 Å². The molecule has 0 atom stereocenters. The Labute approximate surface area is 232 Å². The van der Waals surface area contributed by atoms with Gasteiger partial charge in [-0.25, -0.2) is 23.4 Å². The van der Waals surface area contributed by atoms with E-state index in [2.05, 4.69) is 15.1 Å². The predicted molar refractivity (Wildman–Crippen MR) is 142 cm³/mol. The van der Waals surface area contributed by atoms with E-state index in [4.69, 9.17) is 14.9 Å². The van der Waals surface area contributed by atoms with Crippen molar-refractivity contribution in [1.82, 2.24) is 9.80 Å². The number of carbonyl (C=O) groups is 2. The number of guanidine groups is 1. The fraction of sp³-hybridized carbons (Fsp3) is 0.250. The summed E-state index contributed by atoms with van der Waals surface area (Å²) in [4.78, 5) is 29.3. The van der Waals surface area contributed by atoms with E-state index in [0.29, 0.717) is 43.4 Å². The van der Waals surface area contributed by atoms with Gasteiger partial charge in [-0.15, -0.1) is 0 Å². The minimum atomic E-state index is -5.08. The molecule has 4 rings (SSSR count). The number of piperazine rings is 1. The van der Waals surface area contributed by atoms with E-state index in [9.17, 15) is 31.9 Å². The van der Waals surface area contributed by atoms with E-state index in [1.54, 1.807) is 42.5 Å². The third kappa shape index (κ3) is 9.87. The van der Waals surface area contributed by atoms with Crippen LogP contribution in [-0.4, -0.2) is 70.3 Å². The lowest BCUT2D eigenvalue weighted by atomic mass is 10.2. The summed E-state index contributed by atoms with van der Waals surface area (Å²) in [6.45, 7) is 3.67. The van der Waals surface area contributed by atoms with Gasteiger partial charge in [-0.3, -0.25) is 4.90 Å². The van der Waals surface area contributed by atoms with Gasteiger partial charge in [0.15, 0.2) is 5.96 Å². The topological polar surface area (TPSA) is 105 Å². The summed E-state index contributed by atoms with van der Waals surface area (Å²) >= 11 is 0. The fourth-order valence-electron chi connectivity index (χ4n) is 3.82. The van der Waals surface area contributed by atoms with Gasteiger partial charge in [0.25, 0.3) is 0 Å². The van der Waals surface area contributed by atoms with Crippen LogP contribution in [0.25, 0.3) is 0 Å². The Hall–Kier alpha value is -4.52. The van der Waals surface area contributed by atoms with E-state index in [0.717, 1.165) is 18.7 Å². The maximum absolute atomic E-state index is 14.0. The Bertz CT molecular complexity index is 1360. The Balaban J connectivity index is 0.000000587. The van der Waals surface area contributed by atoms with Crippen LogP contribution in [0.15, 0.2) is 77.8 Å². The second-order valence-electron chi connectivity index (χ2n) is 8.93. The first-order valence-electron chi connectivity index (χ1n) is 12.3. The number of rotatable bonds is 6. The van der Waals surface area contributed by atoms with Crippen molar-refractivity contribution in [2.75, 3.05) is 31.5 Å². The average molecular weight is 579 g/mol. The van der Waals surface area contributed by atoms with Gasteiger partial charge in [-0.2, -0.15) is 13.2 Å². The molecule has 0 unspecified atom stereocenters. The number of aliphatic imine (C=N–C) groups is 1. The molecule has 3 aromatic rings.